The van der Waals surface area contributed by atoms with Crippen LogP contribution in [-0.2, 0) is 4.79 Å². The van der Waals surface area contributed by atoms with E-state index >= 15 is 0 Å². The molecule has 4 nitrogen and oxygen atoms in total. The molecule has 1 unspecified atom stereocenters. The number of nitrogens with zero attached hydrogens (tertiary/aromatic N) is 2. The molecule has 98 valence electrons. The third-order valence-corrected chi connectivity index (χ3v) is 4.16. The molecule has 1 aliphatic heterocycles. The van der Waals surface area contributed by atoms with Crippen molar-refractivity contribution in [2.24, 2.45) is 0 Å². The van der Waals surface area contributed by atoms with Gasteiger partial charge in [0.15, 0.2) is 5.82 Å². The van der Waals surface area contributed by atoms with E-state index in [9.17, 15) is 4.79 Å². The molecule has 18 heavy (non-hydrogen) atoms. The molecule has 2 heterocycles. The summed E-state index contributed by atoms with van der Waals surface area (Å²) in [5, 5.41) is 2.95. The van der Waals surface area contributed by atoms with Crippen molar-refractivity contribution >= 4 is 33.3 Å². The van der Waals surface area contributed by atoms with Gasteiger partial charge in [-0.15, -0.1) is 0 Å². The van der Waals surface area contributed by atoms with Gasteiger partial charge in [0.1, 0.15) is 0 Å². The lowest BCUT2D eigenvalue weighted by atomic mass is 10.3. The number of aromatic nitrogens is 1. The maximum atomic E-state index is 11.9. The number of alkyl halides is 1. The Balaban J connectivity index is 2.14. The van der Waals surface area contributed by atoms with Crippen molar-refractivity contribution in [3.05, 3.63) is 18.3 Å². The Morgan fingerprint density at radius 1 is 1.56 bits per heavy atom. The number of anilines is 2. The summed E-state index contributed by atoms with van der Waals surface area (Å²) in [5.41, 5.74) is 0.808. The van der Waals surface area contributed by atoms with Gasteiger partial charge in [0.05, 0.1) is 10.5 Å². The highest BCUT2D eigenvalue weighted by Crippen LogP contribution is 2.26. The van der Waals surface area contributed by atoms with Crippen molar-refractivity contribution in [3.63, 3.8) is 0 Å². The van der Waals surface area contributed by atoms with E-state index in [0.29, 0.717) is 0 Å². The lowest BCUT2D eigenvalue weighted by Gasteiger charge is -2.20. The van der Waals surface area contributed by atoms with Crippen LogP contribution in [0.2, 0.25) is 0 Å². The van der Waals surface area contributed by atoms with Crippen molar-refractivity contribution in [1.82, 2.24) is 4.98 Å². The van der Waals surface area contributed by atoms with Crippen LogP contribution in [0.1, 0.15) is 26.2 Å². The Bertz CT molecular complexity index is 418. The SMILES string of the molecule is CCC(Br)C(=O)Nc1cccnc1N1CCCC1. The lowest BCUT2D eigenvalue weighted by Crippen LogP contribution is -2.25. The molecule has 1 saturated heterocycles. The zero-order valence-corrected chi connectivity index (χ0v) is 12.1. The molecule has 5 heteroatoms. The highest BCUT2D eigenvalue weighted by Gasteiger charge is 2.19. The third-order valence-electron chi connectivity index (χ3n) is 3.09. The van der Waals surface area contributed by atoms with Crippen LogP contribution < -0.4 is 10.2 Å². The van der Waals surface area contributed by atoms with Crippen molar-refractivity contribution in [3.8, 4) is 0 Å². The van der Waals surface area contributed by atoms with Crippen molar-refractivity contribution in [2.75, 3.05) is 23.3 Å². The molecule has 1 aliphatic rings. The average molecular weight is 312 g/mol. The minimum atomic E-state index is -0.149. The molecule has 1 aromatic heterocycles. The Labute approximate surface area is 116 Å². The van der Waals surface area contributed by atoms with Crippen LogP contribution in [0, 0.1) is 0 Å². The lowest BCUT2D eigenvalue weighted by molar-refractivity contribution is -0.115. The van der Waals surface area contributed by atoms with Gasteiger partial charge in [-0.05, 0) is 31.4 Å². The number of hydrogen-bond acceptors (Lipinski definition) is 3. The number of hydrogen-bond donors (Lipinski definition) is 1. The summed E-state index contributed by atoms with van der Waals surface area (Å²) >= 11 is 3.36. The smallest absolute Gasteiger partial charge is 0.238 e. The molecule has 0 aliphatic carbocycles. The van der Waals surface area contributed by atoms with E-state index in [1.54, 1.807) is 6.20 Å². The molecular formula is C13H18BrN3O. The highest BCUT2D eigenvalue weighted by atomic mass is 79.9. The monoisotopic (exact) mass is 311 g/mol. The zero-order chi connectivity index (χ0) is 13.0. The molecular weight excluding hydrogens is 294 g/mol. The number of amides is 1. The summed E-state index contributed by atoms with van der Waals surface area (Å²) in [4.78, 5) is 18.4. The first kappa shape index (κ1) is 13.3. The minimum absolute atomic E-state index is 0.00838. The summed E-state index contributed by atoms with van der Waals surface area (Å²) in [5.74, 6) is 0.880. The number of carbonyl (C=O) groups excluding carboxylic acids is 1. The summed E-state index contributed by atoms with van der Waals surface area (Å²) in [6, 6.07) is 3.76. The van der Waals surface area contributed by atoms with Gasteiger partial charge in [-0.25, -0.2) is 4.98 Å². The maximum Gasteiger partial charge on any atom is 0.238 e. The zero-order valence-electron chi connectivity index (χ0n) is 10.5. The van der Waals surface area contributed by atoms with Crippen molar-refractivity contribution in [2.45, 2.75) is 31.0 Å². The second kappa shape index (κ2) is 6.18. The van der Waals surface area contributed by atoms with Gasteiger partial charge in [0, 0.05) is 19.3 Å². The minimum Gasteiger partial charge on any atom is -0.355 e. The molecule has 0 bridgehead atoms. The second-order valence-corrected chi connectivity index (χ2v) is 5.54. The van der Waals surface area contributed by atoms with Crippen LogP contribution >= 0.6 is 15.9 Å². The Kier molecular flexibility index (Phi) is 4.58. The first-order chi connectivity index (χ1) is 8.72. The number of rotatable bonds is 4. The third kappa shape index (κ3) is 3.02. The predicted molar refractivity (Wildman–Crippen MR) is 77.3 cm³/mol. The van der Waals surface area contributed by atoms with Gasteiger partial charge in [-0.2, -0.15) is 0 Å². The van der Waals surface area contributed by atoms with Gasteiger partial charge in [0.25, 0.3) is 0 Å². The van der Waals surface area contributed by atoms with E-state index in [4.69, 9.17) is 0 Å². The topological polar surface area (TPSA) is 45.2 Å². The molecule has 2 rings (SSSR count). The van der Waals surface area contributed by atoms with Gasteiger partial charge in [0.2, 0.25) is 5.91 Å². The van der Waals surface area contributed by atoms with Crippen LogP contribution in [0.5, 0.6) is 0 Å². The van der Waals surface area contributed by atoms with E-state index in [0.717, 1.165) is 31.0 Å². The molecule has 1 fully saturated rings. The van der Waals surface area contributed by atoms with Gasteiger partial charge < -0.3 is 10.2 Å². The van der Waals surface area contributed by atoms with E-state index in [-0.39, 0.29) is 10.7 Å². The fourth-order valence-electron chi connectivity index (χ4n) is 2.07. The molecule has 0 saturated carbocycles. The number of pyridine rings is 1. The largest absolute Gasteiger partial charge is 0.355 e. The predicted octanol–water partition coefficient (Wildman–Crippen LogP) is 2.79. The summed E-state index contributed by atoms with van der Waals surface area (Å²) in [7, 11) is 0. The van der Waals surface area contributed by atoms with Crippen LogP contribution in [-0.4, -0.2) is 28.8 Å². The first-order valence-corrected chi connectivity index (χ1v) is 7.29. The molecule has 0 spiro atoms. The fourth-order valence-corrected chi connectivity index (χ4v) is 2.19. The average Bonchev–Trinajstić information content (AvgIpc) is 2.92. The van der Waals surface area contributed by atoms with Crippen LogP contribution in [0.15, 0.2) is 18.3 Å². The van der Waals surface area contributed by atoms with Crippen LogP contribution in [0.4, 0.5) is 11.5 Å². The van der Waals surface area contributed by atoms with Gasteiger partial charge in [-0.3, -0.25) is 4.79 Å². The van der Waals surface area contributed by atoms with Crippen LogP contribution in [0.3, 0.4) is 0 Å². The summed E-state index contributed by atoms with van der Waals surface area (Å²) < 4.78 is 0. The molecule has 1 amide bonds. The van der Waals surface area contributed by atoms with Crippen molar-refractivity contribution in [1.29, 1.82) is 0 Å². The molecule has 1 aromatic rings. The highest BCUT2D eigenvalue weighted by molar-refractivity contribution is 9.10. The molecule has 0 aromatic carbocycles. The Hall–Kier alpha value is -1.10. The van der Waals surface area contributed by atoms with E-state index in [2.05, 4.69) is 31.1 Å². The number of carbonyl (C=O) groups is 1. The molecule has 1 N–H and O–H groups in total. The maximum absolute atomic E-state index is 11.9. The Morgan fingerprint density at radius 2 is 2.28 bits per heavy atom. The standard InChI is InChI=1S/C13H18BrN3O/c1-2-10(14)13(18)16-11-6-5-7-15-12(11)17-8-3-4-9-17/h5-7,10H,2-4,8-9H2,1H3,(H,16,18). The normalized spacial score (nSPS) is 16.7. The van der Waals surface area contributed by atoms with Gasteiger partial charge in [-0.1, -0.05) is 22.9 Å². The van der Waals surface area contributed by atoms with E-state index < -0.39 is 0 Å². The Morgan fingerprint density at radius 3 is 2.94 bits per heavy atom. The summed E-state index contributed by atoms with van der Waals surface area (Å²) in [6.45, 7) is 4.01. The van der Waals surface area contributed by atoms with E-state index in [1.807, 2.05) is 19.1 Å². The molecule has 1 atom stereocenters. The van der Waals surface area contributed by atoms with E-state index in [1.165, 1.54) is 12.8 Å². The van der Waals surface area contributed by atoms with Gasteiger partial charge >= 0.3 is 0 Å². The summed E-state index contributed by atoms with van der Waals surface area (Å²) in [6.07, 6.45) is 4.93. The second-order valence-electron chi connectivity index (χ2n) is 4.43. The number of halogens is 1. The van der Waals surface area contributed by atoms with Crippen molar-refractivity contribution < 1.29 is 4.79 Å². The quantitative estimate of drug-likeness (QED) is 0.870. The fraction of sp³-hybridized carbons (Fsp3) is 0.538. The number of nitrogens with one attached hydrogen (secondary N) is 1. The van der Waals surface area contributed by atoms with Crippen LogP contribution in [0.25, 0.3) is 0 Å². The molecule has 0 radical (unpaired) electrons. The first-order valence-electron chi connectivity index (χ1n) is 6.37.